The van der Waals surface area contributed by atoms with E-state index in [2.05, 4.69) is 32.6 Å². The third-order valence-corrected chi connectivity index (χ3v) is 2.52. The molecule has 0 aliphatic carbocycles. The fourth-order valence-corrected chi connectivity index (χ4v) is 1.67. The van der Waals surface area contributed by atoms with Crippen molar-refractivity contribution in [3.8, 4) is 6.01 Å². The van der Waals surface area contributed by atoms with Crippen molar-refractivity contribution in [2.75, 3.05) is 31.1 Å². The molecule has 0 spiro atoms. The number of hydrogen-bond donors (Lipinski definition) is 3. The highest BCUT2D eigenvalue weighted by molar-refractivity contribution is 5.35. The van der Waals surface area contributed by atoms with Crippen molar-refractivity contribution in [2.24, 2.45) is 5.84 Å². The van der Waals surface area contributed by atoms with Gasteiger partial charge in [-0.3, -0.25) is 5.43 Å². The highest BCUT2D eigenvalue weighted by atomic mass is 16.5. The highest BCUT2D eigenvalue weighted by Gasteiger charge is 2.12. The van der Waals surface area contributed by atoms with Gasteiger partial charge in [0.15, 0.2) is 0 Å². The van der Waals surface area contributed by atoms with Crippen LogP contribution in [-0.4, -0.2) is 41.3 Å². The molecule has 20 heavy (non-hydrogen) atoms. The van der Waals surface area contributed by atoms with Crippen LogP contribution in [0.15, 0.2) is 0 Å². The van der Waals surface area contributed by atoms with Crippen molar-refractivity contribution in [3.63, 3.8) is 0 Å². The van der Waals surface area contributed by atoms with Gasteiger partial charge in [-0.15, -0.1) is 0 Å². The molecule has 0 saturated carbocycles. The Bertz CT molecular complexity index is 384. The maximum Gasteiger partial charge on any atom is 0.323 e. The molecule has 0 fully saturated rings. The average molecular weight is 284 g/mol. The van der Waals surface area contributed by atoms with Crippen molar-refractivity contribution in [1.82, 2.24) is 15.0 Å². The van der Waals surface area contributed by atoms with Gasteiger partial charge in [0.25, 0.3) is 0 Å². The van der Waals surface area contributed by atoms with Crippen LogP contribution in [0, 0.1) is 0 Å². The van der Waals surface area contributed by atoms with E-state index >= 15 is 0 Å². The van der Waals surface area contributed by atoms with Gasteiger partial charge in [0.1, 0.15) is 0 Å². The molecule has 0 aliphatic rings. The lowest BCUT2D eigenvalue weighted by atomic mass is 10.2. The number of aromatic nitrogens is 3. The van der Waals surface area contributed by atoms with Gasteiger partial charge in [-0.1, -0.05) is 20.3 Å². The van der Waals surface area contributed by atoms with Crippen LogP contribution in [0.2, 0.25) is 0 Å². The Morgan fingerprint density at radius 1 is 1.15 bits per heavy atom. The minimum Gasteiger partial charge on any atom is -0.463 e. The molecule has 8 heteroatoms. The van der Waals surface area contributed by atoms with E-state index in [9.17, 15) is 0 Å². The van der Waals surface area contributed by atoms with Gasteiger partial charge in [-0.25, -0.2) is 5.84 Å². The Morgan fingerprint density at radius 3 is 2.50 bits per heavy atom. The zero-order chi connectivity index (χ0) is 14.8. The number of nitrogens with one attached hydrogen (secondary N) is 2. The number of anilines is 2. The SMILES string of the molecule is CCCOc1nc(NN)nc(NC(CCC)COC)n1. The molecule has 0 amide bonds. The third-order valence-electron chi connectivity index (χ3n) is 2.52. The Kier molecular flexibility index (Phi) is 7.59. The lowest BCUT2D eigenvalue weighted by Crippen LogP contribution is -2.26. The summed E-state index contributed by atoms with van der Waals surface area (Å²) in [4.78, 5) is 12.4. The molecular formula is C12H24N6O2. The number of hydrogen-bond acceptors (Lipinski definition) is 8. The Balaban J connectivity index is 2.80. The fraction of sp³-hybridized carbons (Fsp3) is 0.750. The molecule has 0 radical (unpaired) electrons. The number of ether oxygens (including phenoxy) is 2. The van der Waals surface area contributed by atoms with Crippen molar-refractivity contribution >= 4 is 11.9 Å². The summed E-state index contributed by atoms with van der Waals surface area (Å²) in [6, 6.07) is 0.391. The molecule has 0 bridgehead atoms. The summed E-state index contributed by atoms with van der Waals surface area (Å²) in [7, 11) is 1.67. The summed E-state index contributed by atoms with van der Waals surface area (Å²) in [5, 5.41) is 3.21. The number of hydrazine groups is 1. The van der Waals surface area contributed by atoms with E-state index in [-0.39, 0.29) is 18.0 Å². The number of nitrogens with two attached hydrogens (primary N) is 1. The van der Waals surface area contributed by atoms with Crippen molar-refractivity contribution < 1.29 is 9.47 Å². The first-order valence-electron chi connectivity index (χ1n) is 6.84. The first kappa shape index (κ1) is 16.4. The second-order valence-electron chi connectivity index (χ2n) is 4.34. The van der Waals surface area contributed by atoms with Crippen LogP contribution in [0.25, 0.3) is 0 Å². The smallest absolute Gasteiger partial charge is 0.323 e. The number of rotatable bonds is 10. The predicted octanol–water partition coefficient (Wildman–Crippen LogP) is 1.17. The first-order chi connectivity index (χ1) is 9.73. The summed E-state index contributed by atoms with van der Waals surface area (Å²) in [6.07, 6.45) is 2.87. The summed E-state index contributed by atoms with van der Waals surface area (Å²) in [6.45, 7) is 5.25. The minimum atomic E-state index is 0.136. The summed E-state index contributed by atoms with van der Waals surface area (Å²) >= 11 is 0. The number of nitrogens with zero attached hydrogens (tertiary/aromatic N) is 3. The molecule has 4 N–H and O–H groups in total. The van der Waals surface area contributed by atoms with Gasteiger partial charge in [0, 0.05) is 7.11 Å². The standard InChI is InChI=1S/C12H24N6O2/c1-4-6-9(8-19-3)14-10-15-11(18-13)17-12(16-10)20-7-5-2/h9H,4-8,13H2,1-3H3,(H2,14,15,16,17,18). The fourth-order valence-electron chi connectivity index (χ4n) is 1.67. The minimum absolute atomic E-state index is 0.136. The van der Waals surface area contributed by atoms with E-state index in [1.165, 1.54) is 0 Å². The molecule has 8 nitrogen and oxygen atoms in total. The van der Waals surface area contributed by atoms with Crippen LogP contribution in [0.5, 0.6) is 6.01 Å². The summed E-state index contributed by atoms with van der Waals surface area (Å²) in [5.41, 5.74) is 2.41. The third kappa shape index (κ3) is 5.54. The van der Waals surface area contributed by atoms with Crippen LogP contribution < -0.4 is 21.3 Å². The average Bonchev–Trinajstić information content (AvgIpc) is 2.45. The van der Waals surface area contributed by atoms with Gasteiger partial charge in [0.05, 0.1) is 19.3 Å². The van der Waals surface area contributed by atoms with Gasteiger partial charge in [-0.2, -0.15) is 15.0 Å². The predicted molar refractivity (Wildman–Crippen MR) is 77.6 cm³/mol. The van der Waals surface area contributed by atoms with Crippen molar-refractivity contribution in [3.05, 3.63) is 0 Å². The Hall–Kier alpha value is -1.67. The lowest BCUT2D eigenvalue weighted by Gasteiger charge is -2.17. The molecule has 114 valence electrons. The molecule has 1 aromatic heterocycles. The second kappa shape index (κ2) is 9.27. The van der Waals surface area contributed by atoms with Gasteiger partial charge < -0.3 is 14.8 Å². The van der Waals surface area contributed by atoms with E-state index < -0.39 is 0 Å². The molecule has 1 heterocycles. The molecule has 1 unspecified atom stereocenters. The number of methoxy groups -OCH3 is 1. The monoisotopic (exact) mass is 284 g/mol. The zero-order valence-corrected chi connectivity index (χ0v) is 12.3. The van der Waals surface area contributed by atoms with Crippen LogP contribution in [-0.2, 0) is 4.74 Å². The van der Waals surface area contributed by atoms with E-state index in [4.69, 9.17) is 15.3 Å². The normalized spacial score (nSPS) is 12.0. The van der Waals surface area contributed by atoms with Gasteiger partial charge >= 0.3 is 6.01 Å². The summed E-state index contributed by atoms with van der Waals surface area (Å²) in [5.74, 6) is 6.04. The van der Waals surface area contributed by atoms with E-state index in [0.717, 1.165) is 19.3 Å². The lowest BCUT2D eigenvalue weighted by molar-refractivity contribution is 0.182. The molecule has 1 aromatic rings. The van der Waals surface area contributed by atoms with Crippen LogP contribution >= 0.6 is 0 Å². The topological polar surface area (TPSA) is 107 Å². The van der Waals surface area contributed by atoms with Gasteiger partial charge in [-0.05, 0) is 12.8 Å². The first-order valence-corrected chi connectivity index (χ1v) is 6.84. The molecule has 1 atom stereocenters. The molecular weight excluding hydrogens is 260 g/mol. The van der Waals surface area contributed by atoms with Crippen LogP contribution in [0.1, 0.15) is 33.1 Å². The second-order valence-corrected chi connectivity index (χ2v) is 4.34. The Morgan fingerprint density at radius 2 is 1.90 bits per heavy atom. The van der Waals surface area contributed by atoms with Gasteiger partial charge in [0.2, 0.25) is 11.9 Å². The van der Waals surface area contributed by atoms with Crippen LogP contribution in [0.3, 0.4) is 0 Å². The molecule has 0 saturated heterocycles. The Labute approximate surface area is 119 Å². The number of nitrogen functional groups attached to an aromatic ring is 1. The van der Waals surface area contributed by atoms with Crippen molar-refractivity contribution in [2.45, 2.75) is 39.2 Å². The zero-order valence-electron chi connectivity index (χ0n) is 12.3. The van der Waals surface area contributed by atoms with E-state index in [1.807, 2.05) is 6.92 Å². The molecule has 0 aliphatic heterocycles. The molecule has 1 rings (SSSR count). The van der Waals surface area contributed by atoms with Crippen molar-refractivity contribution in [1.29, 1.82) is 0 Å². The largest absolute Gasteiger partial charge is 0.463 e. The maximum absolute atomic E-state index is 5.41. The molecule has 0 aromatic carbocycles. The van der Waals surface area contributed by atoms with E-state index in [1.54, 1.807) is 7.11 Å². The van der Waals surface area contributed by atoms with E-state index in [0.29, 0.717) is 19.2 Å². The maximum atomic E-state index is 5.41. The highest BCUT2D eigenvalue weighted by Crippen LogP contribution is 2.13. The quantitative estimate of drug-likeness (QED) is 0.434. The van der Waals surface area contributed by atoms with Crippen LogP contribution in [0.4, 0.5) is 11.9 Å². The summed E-state index contributed by atoms with van der Waals surface area (Å²) < 4.78 is 10.6.